The molecule has 0 unspecified atom stereocenters. The van der Waals surface area contributed by atoms with Gasteiger partial charge in [0.1, 0.15) is 0 Å². The van der Waals surface area contributed by atoms with Crippen molar-refractivity contribution in [2.45, 2.75) is 19.3 Å². The minimum Gasteiger partial charge on any atom is -0.480 e. The van der Waals surface area contributed by atoms with Gasteiger partial charge in [0, 0.05) is 0 Å². The first kappa shape index (κ1) is 10.6. The molecule has 5 heteroatoms. The Morgan fingerprint density at radius 3 is 1.45 bits per heavy atom. The Balaban J connectivity index is 0.000001000. The van der Waals surface area contributed by atoms with Crippen LogP contribution >= 0.6 is 0 Å². The first-order chi connectivity index (χ1) is 4.59. The fraction of sp³-hybridized carbons (Fsp3) is 0.667. The van der Waals surface area contributed by atoms with Crippen LogP contribution in [0.5, 0.6) is 0 Å². The van der Waals surface area contributed by atoms with Crippen molar-refractivity contribution in [1.82, 2.24) is 0 Å². The van der Waals surface area contributed by atoms with Crippen molar-refractivity contribution in [2.24, 2.45) is 5.41 Å². The van der Waals surface area contributed by atoms with Crippen LogP contribution in [0, 0.1) is 5.41 Å². The zero-order valence-electron chi connectivity index (χ0n) is 5.65. The van der Waals surface area contributed by atoms with Crippen LogP contribution in [0.1, 0.15) is 19.3 Å². The van der Waals surface area contributed by atoms with Crippen LogP contribution in [0.3, 0.4) is 0 Å². The zero-order chi connectivity index (χ0) is 7.78. The summed E-state index contributed by atoms with van der Waals surface area (Å²) in [7, 11) is 0. The summed E-state index contributed by atoms with van der Waals surface area (Å²) in [6.07, 6.45) is 1.26. The van der Waals surface area contributed by atoms with Gasteiger partial charge in [-0.15, -0.1) is 0 Å². The summed E-state index contributed by atoms with van der Waals surface area (Å²) in [5.41, 5.74) is -1.44. The molecule has 0 aromatic carbocycles. The summed E-state index contributed by atoms with van der Waals surface area (Å²) in [4.78, 5) is 20.7. The molecule has 1 aliphatic rings. The molecule has 1 aliphatic carbocycles. The second kappa shape index (κ2) is 3.35. The number of carboxylic acids is 2. The molecule has 1 fully saturated rings. The first-order valence-corrected chi connectivity index (χ1v) is 3.06. The molecule has 0 aliphatic heterocycles. The normalized spacial score (nSPS) is 19.3. The summed E-state index contributed by atoms with van der Waals surface area (Å²) in [5, 5.41) is 16.9. The van der Waals surface area contributed by atoms with Crippen molar-refractivity contribution in [1.29, 1.82) is 0 Å². The average Bonchev–Trinajstić information content (AvgIpc) is 1.57. The molecule has 0 bridgehead atoms. The van der Waals surface area contributed by atoms with E-state index < -0.39 is 17.4 Å². The van der Waals surface area contributed by atoms with Crippen molar-refractivity contribution in [3.63, 3.8) is 0 Å². The molecule has 0 spiro atoms. The largest absolute Gasteiger partial charge is 2.00 e. The SMILES string of the molecule is O=C(O)C1(C(=O)O)CCC1.[Pt+2]. The van der Waals surface area contributed by atoms with Crippen LogP contribution in [0.15, 0.2) is 0 Å². The van der Waals surface area contributed by atoms with Crippen molar-refractivity contribution < 1.29 is 40.9 Å². The van der Waals surface area contributed by atoms with Gasteiger partial charge in [0.15, 0.2) is 5.41 Å². The molecule has 0 aromatic rings. The van der Waals surface area contributed by atoms with Crippen LogP contribution in [0.4, 0.5) is 0 Å². The molecular formula is C6H8O4Pt+2. The second-order valence-electron chi connectivity index (χ2n) is 2.55. The molecule has 0 saturated heterocycles. The average molecular weight is 339 g/mol. The Labute approximate surface area is 77.9 Å². The maximum absolute atomic E-state index is 10.4. The summed E-state index contributed by atoms with van der Waals surface area (Å²) >= 11 is 0. The monoisotopic (exact) mass is 339 g/mol. The maximum atomic E-state index is 10.4. The van der Waals surface area contributed by atoms with Crippen LogP contribution in [-0.4, -0.2) is 22.2 Å². The molecule has 0 heterocycles. The molecular weight excluding hydrogens is 331 g/mol. The van der Waals surface area contributed by atoms with E-state index in [0.717, 1.165) is 0 Å². The van der Waals surface area contributed by atoms with Crippen LogP contribution in [-0.2, 0) is 30.7 Å². The van der Waals surface area contributed by atoms with E-state index in [-0.39, 0.29) is 33.9 Å². The third-order valence-corrected chi connectivity index (χ3v) is 2.03. The maximum Gasteiger partial charge on any atom is 2.00 e. The number of carbonyl (C=O) groups is 2. The van der Waals surface area contributed by atoms with Gasteiger partial charge >= 0.3 is 33.0 Å². The van der Waals surface area contributed by atoms with Gasteiger partial charge in [-0.2, -0.15) is 0 Å². The predicted molar refractivity (Wildman–Crippen MR) is 31.6 cm³/mol. The summed E-state index contributed by atoms with van der Waals surface area (Å²) < 4.78 is 0. The Morgan fingerprint density at radius 1 is 1.09 bits per heavy atom. The molecule has 4 nitrogen and oxygen atoms in total. The van der Waals surface area contributed by atoms with E-state index in [2.05, 4.69) is 0 Å². The molecule has 0 radical (unpaired) electrons. The van der Waals surface area contributed by atoms with E-state index in [1.165, 1.54) is 0 Å². The van der Waals surface area contributed by atoms with Gasteiger partial charge in [0.25, 0.3) is 0 Å². The molecule has 2 N–H and O–H groups in total. The van der Waals surface area contributed by atoms with Gasteiger partial charge in [0.05, 0.1) is 0 Å². The number of rotatable bonds is 2. The molecule has 64 valence electrons. The summed E-state index contributed by atoms with van der Waals surface area (Å²) in [5.74, 6) is -2.41. The minimum atomic E-state index is -1.44. The topological polar surface area (TPSA) is 74.6 Å². The van der Waals surface area contributed by atoms with Crippen molar-refractivity contribution >= 4 is 11.9 Å². The van der Waals surface area contributed by atoms with E-state index in [0.29, 0.717) is 6.42 Å². The van der Waals surface area contributed by atoms with Gasteiger partial charge in [-0.25, -0.2) is 0 Å². The predicted octanol–water partition coefficient (Wildman–Crippen LogP) is 0.323. The minimum absolute atomic E-state index is 0. The number of carboxylic acid groups (broad SMARTS) is 2. The zero-order valence-corrected chi connectivity index (χ0v) is 7.92. The number of hydrogen-bond donors (Lipinski definition) is 2. The Morgan fingerprint density at radius 2 is 1.45 bits per heavy atom. The van der Waals surface area contributed by atoms with E-state index >= 15 is 0 Å². The Kier molecular flexibility index (Phi) is 3.24. The Hall–Kier alpha value is -0.372. The van der Waals surface area contributed by atoms with Gasteiger partial charge < -0.3 is 10.2 Å². The molecule has 1 saturated carbocycles. The molecule has 1 rings (SSSR count). The van der Waals surface area contributed by atoms with E-state index in [4.69, 9.17) is 10.2 Å². The van der Waals surface area contributed by atoms with Crippen molar-refractivity contribution in [3.8, 4) is 0 Å². The van der Waals surface area contributed by atoms with Crippen LogP contribution < -0.4 is 0 Å². The summed E-state index contributed by atoms with van der Waals surface area (Å²) in [6, 6.07) is 0. The summed E-state index contributed by atoms with van der Waals surface area (Å²) in [6.45, 7) is 0. The van der Waals surface area contributed by atoms with Gasteiger partial charge in [-0.05, 0) is 19.3 Å². The fourth-order valence-corrected chi connectivity index (χ4v) is 1.05. The van der Waals surface area contributed by atoms with Gasteiger partial charge in [0.2, 0.25) is 0 Å². The molecule has 0 amide bonds. The third kappa shape index (κ3) is 1.45. The first-order valence-electron chi connectivity index (χ1n) is 3.06. The molecule has 0 atom stereocenters. The number of hydrogen-bond acceptors (Lipinski definition) is 2. The smallest absolute Gasteiger partial charge is 0.480 e. The van der Waals surface area contributed by atoms with Crippen molar-refractivity contribution in [2.75, 3.05) is 0 Å². The van der Waals surface area contributed by atoms with E-state index in [9.17, 15) is 9.59 Å². The fourth-order valence-electron chi connectivity index (χ4n) is 1.05. The van der Waals surface area contributed by atoms with Crippen molar-refractivity contribution in [3.05, 3.63) is 0 Å². The van der Waals surface area contributed by atoms with Gasteiger partial charge in [-0.1, -0.05) is 0 Å². The number of aliphatic carboxylic acids is 2. The van der Waals surface area contributed by atoms with E-state index in [1.54, 1.807) is 0 Å². The molecule has 11 heavy (non-hydrogen) atoms. The van der Waals surface area contributed by atoms with E-state index in [1.807, 2.05) is 0 Å². The van der Waals surface area contributed by atoms with Crippen LogP contribution in [0.25, 0.3) is 0 Å². The standard InChI is InChI=1S/C6H8O4.Pt/c7-4(8)6(5(9)10)2-1-3-6;/h1-3H2,(H,7,8)(H,9,10);/q;+2. The second-order valence-corrected chi connectivity index (χ2v) is 2.55. The van der Waals surface area contributed by atoms with Gasteiger partial charge in [-0.3, -0.25) is 9.59 Å². The third-order valence-electron chi connectivity index (χ3n) is 2.03. The Bertz CT molecular complexity index is 169. The molecule has 0 aromatic heterocycles. The quantitative estimate of drug-likeness (QED) is 0.711. The van der Waals surface area contributed by atoms with Crippen LogP contribution in [0.2, 0.25) is 0 Å².